The lowest BCUT2D eigenvalue weighted by molar-refractivity contribution is 0.285. The van der Waals surface area contributed by atoms with Crippen LogP contribution in [0, 0.1) is 0 Å². The Kier molecular flexibility index (Phi) is 4.36. The first-order valence-corrected chi connectivity index (χ1v) is 10.8. The molecule has 2 aliphatic rings. The third-order valence-corrected chi connectivity index (χ3v) is 6.62. The molecule has 1 atom stereocenters. The lowest BCUT2D eigenvalue weighted by Gasteiger charge is -2.42. The van der Waals surface area contributed by atoms with Gasteiger partial charge in [-0.2, -0.15) is 10.1 Å². The van der Waals surface area contributed by atoms with Gasteiger partial charge in [-0.3, -0.25) is 14.2 Å². The molecule has 1 unspecified atom stereocenters. The normalized spacial score (nSPS) is 18.8. The van der Waals surface area contributed by atoms with E-state index in [0.29, 0.717) is 5.95 Å². The highest BCUT2D eigenvalue weighted by molar-refractivity contribution is 7.79. The minimum absolute atomic E-state index is 0.133. The highest BCUT2D eigenvalue weighted by atomic mass is 32.2. The van der Waals surface area contributed by atoms with Gasteiger partial charge in [-0.1, -0.05) is 19.3 Å². The van der Waals surface area contributed by atoms with Gasteiger partial charge < -0.3 is 9.87 Å². The second-order valence-corrected chi connectivity index (χ2v) is 8.56. The molecule has 1 fully saturated rings. The van der Waals surface area contributed by atoms with E-state index >= 15 is 0 Å². The second-order valence-electron chi connectivity index (χ2n) is 7.62. The first kappa shape index (κ1) is 18.3. The number of aromatic nitrogens is 3. The molecular formula is C20H21N6O2S-. The zero-order valence-corrected chi connectivity index (χ0v) is 16.8. The van der Waals surface area contributed by atoms with Crippen LogP contribution in [0.2, 0.25) is 0 Å². The van der Waals surface area contributed by atoms with Gasteiger partial charge in [0, 0.05) is 22.2 Å². The van der Waals surface area contributed by atoms with E-state index in [-0.39, 0.29) is 10.4 Å². The molecule has 1 aliphatic carbocycles. The first-order valence-electron chi connectivity index (χ1n) is 9.73. The van der Waals surface area contributed by atoms with Crippen molar-refractivity contribution in [1.82, 2.24) is 14.5 Å². The second kappa shape index (κ2) is 6.93. The summed E-state index contributed by atoms with van der Waals surface area (Å²) in [5, 5.41) is 8.72. The molecule has 3 aromatic rings. The van der Waals surface area contributed by atoms with Gasteiger partial charge in [0.1, 0.15) is 11.5 Å². The van der Waals surface area contributed by atoms with Gasteiger partial charge >= 0.3 is 0 Å². The number of anilines is 3. The first-order chi connectivity index (χ1) is 14.1. The molecule has 0 saturated heterocycles. The third-order valence-electron chi connectivity index (χ3n) is 5.96. The monoisotopic (exact) mass is 409 g/mol. The van der Waals surface area contributed by atoms with Gasteiger partial charge in [0.25, 0.3) is 0 Å². The number of benzene rings is 1. The summed E-state index contributed by atoms with van der Waals surface area (Å²) in [6.07, 6.45) is 7.53. The highest BCUT2D eigenvalue weighted by Crippen LogP contribution is 2.43. The van der Waals surface area contributed by atoms with Crippen molar-refractivity contribution >= 4 is 45.3 Å². The van der Waals surface area contributed by atoms with Crippen LogP contribution in [0.25, 0.3) is 11.0 Å². The fourth-order valence-electron chi connectivity index (χ4n) is 4.47. The summed E-state index contributed by atoms with van der Waals surface area (Å²) >= 11 is -2.24. The Morgan fingerprint density at radius 2 is 1.97 bits per heavy atom. The largest absolute Gasteiger partial charge is 0.768 e. The van der Waals surface area contributed by atoms with Crippen LogP contribution in [0.5, 0.6) is 0 Å². The van der Waals surface area contributed by atoms with Crippen LogP contribution in [0.4, 0.5) is 17.5 Å². The Bertz CT molecular complexity index is 1130. The molecule has 3 heterocycles. The van der Waals surface area contributed by atoms with Crippen LogP contribution in [-0.2, 0) is 16.6 Å². The van der Waals surface area contributed by atoms with Gasteiger partial charge in [0.15, 0.2) is 0 Å². The molecule has 0 amide bonds. The summed E-state index contributed by atoms with van der Waals surface area (Å²) < 4.78 is 24.4. The van der Waals surface area contributed by atoms with E-state index in [0.717, 1.165) is 41.1 Å². The molecular weight excluding hydrogens is 388 g/mol. The lowest BCUT2D eigenvalue weighted by atomic mass is 9.78. The van der Waals surface area contributed by atoms with Crippen molar-refractivity contribution < 1.29 is 8.76 Å². The molecule has 2 N–H and O–H groups in total. The molecule has 1 aromatic carbocycles. The van der Waals surface area contributed by atoms with Crippen LogP contribution in [0.1, 0.15) is 39.0 Å². The number of nitrogens with one attached hydrogen (secondary N) is 2. The molecule has 8 nitrogen and oxygen atoms in total. The van der Waals surface area contributed by atoms with Crippen LogP contribution in [0.15, 0.2) is 46.5 Å². The maximum atomic E-state index is 11.0. The van der Waals surface area contributed by atoms with Crippen molar-refractivity contribution in [1.29, 1.82) is 0 Å². The molecule has 2 aromatic heterocycles. The maximum absolute atomic E-state index is 11.0. The predicted molar refractivity (Wildman–Crippen MR) is 112 cm³/mol. The number of fused-ring (bicyclic) bond motifs is 4. The van der Waals surface area contributed by atoms with Crippen LogP contribution in [-0.4, -0.2) is 29.0 Å². The molecule has 150 valence electrons. The van der Waals surface area contributed by atoms with E-state index in [1.807, 2.05) is 12.3 Å². The number of hydrogen-bond acceptors (Lipinski definition) is 7. The SMILES string of the molecule is CC1=NNc2cc3cnc(Nc4ccc(S(=O)[O-])cc4)nc3n2C12CCCCC2. The third kappa shape index (κ3) is 3.01. The summed E-state index contributed by atoms with van der Waals surface area (Å²) in [7, 11) is 0. The molecule has 1 saturated carbocycles. The molecule has 5 rings (SSSR count). The number of nitrogens with zero attached hydrogens (tertiary/aromatic N) is 4. The van der Waals surface area contributed by atoms with Crippen molar-refractivity contribution in [3.63, 3.8) is 0 Å². The molecule has 0 bridgehead atoms. The average molecular weight is 409 g/mol. The Hall–Kier alpha value is -2.78. The summed E-state index contributed by atoms with van der Waals surface area (Å²) in [4.78, 5) is 9.49. The van der Waals surface area contributed by atoms with E-state index in [9.17, 15) is 8.76 Å². The number of rotatable bonds is 3. The lowest BCUT2D eigenvalue weighted by Crippen LogP contribution is -2.45. The topological polar surface area (TPSA) is 107 Å². The molecule has 9 heteroatoms. The smallest absolute Gasteiger partial charge is 0.229 e. The summed E-state index contributed by atoms with van der Waals surface area (Å²) in [5.74, 6) is 1.42. The van der Waals surface area contributed by atoms with Crippen molar-refractivity contribution in [2.75, 3.05) is 10.7 Å². The Labute approximate surface area is 170 Å². The standard InChI is InChI=1S/C20H22N6O2S/c1-13-20(9-3-2-4-10-20)26-17(25-24-13)11-14-12-21-19(23-18(14)26)22-15-5-7-16(8-6-15)29(27)28/h5-8,11-12,25H,2-4,9-10H2,1H3,(H,27,28)(H,21,22,23)/p-1. The maximum Gasteiger partial charge on any atom is 0.229 e. The zero-order valence-electron chi connectivity index (χ0n) is 16.0. The van der Waals surface area contributed by atoms with Crippen LogP contribution >= 0.6 is 0 Å². The molecule has 1 spiro atoms. The number of hydrazone groups is 1. The van der Waals surface area contributed by atoms with Gasteiger partial charge in [-0.15, -0.1) is 0 Å². The van der Waals surface area contributed by atoms with E-state index < -0.39 is 11.1 Å². The Balaban J connectivity index is 1.55. The summed E-state index contributed by atoms with van der Waals surface area (Å²) in [6, 6.07) is 8.54. The van der Waals surface area contributed by atoms with Gasteiger partial charge in [0.05, 0.1) is 11.3 Å². The van der Waals surface area contributed by atoms with E-state index in [1.54, 1.807) is 24.3 Å². The van der Waals surface area contributed by atoms with Crippen LogP contribution in [0.3, 0.4) is 0 Å². The zero-order chi connectivity index (χ0) is 20.0. The van der Waals surface area contributed by atoms with E-state index in [2.05, 4.69) is 32.3 Å². The fourth-order valence-corrected chi connectivity index (χ4v) is 4.83. The van der Waals surface area contributed by atoms with E-state index in [1.165, 1.54) is 19.3 Å². The summed E-state index contributed by atoms with van der Waals surface area (Å²) in [5.41, 5.74) is 5.73. The average Bonchev–Trinajstić information content (AvgIpc) is 3.11. The molecule has 0 radical (unpaired) electrons. The van der Waals surface area contributed by atoms with Gasteiger partial charge in [0.2, 0.25) is 5.95 Å². The van der Waals surface area contributed by atoms with E-state index in [4.69, 9.17) is 4.98 Å². The summed E-state index contributed by atoms with van der Waals surface area (Å²) in [6.45, 7) is 2.09. The molecule has 29 heavy (non-hydrogen) atoms. The molecule has 1 aliphatic heterocycles. The minimum Gasteiger partial charge on any atom is -0.768 e. The van der Waals surface area contributed by atoms with Crippen molar-refractivity contribution in [2.24, 2.45) is 5.10 Å². The Morgan fingerprint density at radius 3 is 2.69 bits per heavy atom. The minimum atomic E-state index is -2.24. The van der Waals surface area contributed by atoms with Crippen LogP contribution < -0.4 is 10.7 Å². The predicted octanol–water partition coefficient (Wildman–Crippen LogP) is 3.87. The van der Waals surface area contributed by atoms with Gasteiger partial charge in [-0.05, 0) is 61.2 Å². The quantitative estimate of drug-likeness (QED) is 0.636. The Morgan fingerprint density at radius 1 is 1.21 bits per heavy atom. The van der Waals surface area contributed by atoms with Crippen molar-refractivity contribution in [3.05, 3.63) is 36.5 Å². The fraction of sp³-hybridized carbons (Fsp3) is 0.350. The van der Waals surface area contributed by atoms with Crippen molar-refractivity contribution in [2.45, 2.75) is 49.5 Å². The number of hydrogen-bond donors (Lipinski definition) is 2. The van der Waals surface area contributed by atoms with Crippen molar-refractivity contribution in [3.8, 4) is 0 Å². The van der Waals surface area contributed by atoms with Gasteiger partial charge in [-0.25, -0.2) is 4.98 Å². The highest BCUT2D eigenvalue weighted by Gasteiger charge is 2.41.